The van der Waals surface area contributed by atoms with Crippen LogP contribution < -0.4 is 5.56 Å². The van der Waals surface area contributed by atoms with Gasteiger partial charge in [-0.25, -0.2) is 0 Å². The summed E-state index contributed by atoms with van der Waals surface area (Å²) in [5.41, 5.74) is 4.84. The van der Waals surface area contributed by atoms with E-state index >= 15 is 0 Å². The Kier molecular flexibility index (Phi) is 4.63. The number of rotatable bonds is 3. The zero-order valence-electron chi connectivity index (χ0n) is 16.4. The molecule has 6 nitrogen and oxygen atoms in total. The van der Waals surface area contributed by atoms with Gasteiger partial charge >= 0.3 is 0 Å². The van der Waals surface area contributed by atoms with Gasteiger partial charge in [-0.2, -0.15) is 5.10 Å². The summed E-state index contributed by atoms with van der Waals surface area (Å²) in [6.45, 7) is 5.66. The number of aromatic nitrogens is 3. The fourth-order valence-corrected chi connectivity index (χ4v) is 4.01. The molecule has 1 aromatic carbocycles. The molecule has 3 aromatic rings. The Morgan fingerprint density at radius 3 is 2.68 bits per heavy atom. The Morgan fingerprint density at radius 2 is 1.96 bits per heavy atom. The first kappa shape index (κ1) is 18.2. The molecule has 1 aliphatic heterocycles. The zero-order chi connectivity index (χ0) is 19.8. The molecular weight excluding hydrogens is 352 g/mol. The van der Waals surface area contributed by atoms with Crippen LogP contribution in [0.4, 0.5) is 0 Å². The van der Waals surface area contributed by atoms with E-state index in [4.69, 9.17) is 0 Å². The van der Waals surface area contributed by atoms with Crippen molar-refractivity contribution in [3.05, 3.63) is 81.5 Å². The molecule has 0 N–H and O–H groups in total. The molecule has 1 saturated heterocycles. The maximum Gasteiger partial charge on any atom is 0.255 e. The van der Waals surface area contributed by atoms with Crippen molar-refractivity contribution in [1.82, 2.24) is 19.2 Å². The molecule has 1 atom stereocenters. The van der Waals surface area contributed by atoms with E-state index in [1.807, 2.05) is 4.90 Å². The van der Waals surface area contributed by atoms with Gasteiger partial charge in [0, 0.05) is 44.5 Å². The van der Waals surface area contributed by atoms with Gasteiger partial charge in [0.25, 0.3) is 11.5 Å². The average molecular weight is 376 g/mol. The topological polar surface area (TPSA) is 60.1 Å². The van der Waals surface area contributed by atoms with Gasteiger partial charge < -0.3 is 4.90 Å². The van der Waals surface area contributed by atoms with Gasteiger partial charge in [0.1, 0.15) is 0 Å². The highest BCUT2D eigenvalue weighted by atomic mass is 16.2. The van der Waals surface area contributed by atoms with E-state index in [1.165, 1.54) is 27.3 Å². The largest absolute Gasteiger partial charge is 0.338 e. The summed E-state index contributed by atoms with van der Waals surface area (Å²) in [6.07, 6.45) is 5.94. The highest BCUT2D eigenvalue weighted by molar-refractivity contribution is 5.94. The molecule has 1 fully saturated rings. The van der Waals surface area contributed by atoms with Crippen molar-refractivity contribution in [2.75, 3.05) is 13.1 Å². The predicted octanol–water partition coefficient (Wildman–Crippen LogP) is 2.82. The lowest BCUT2D eigenvalue weighted by Crippen LogP contribution is -2.30. The second kappa shape index (κ2) is 7.11. The highest BCUT2D eigenvalue weighted by Gasteiger charge is 2.29. The monoisotopic (exact) mass is 376 g/mol. The predicted molar refractivity (Wildman–Crippen MR) is 108 cm³/mol. The summed E-state index contributed by atoms with van der Waals surface area (Å²) < 4.78 is 3.10. The summed E-state index contributed by atoms with van der Waals surface area (Å²) in [5.74, 6) is 0.318. The van der Waals surface area contributed by atoms with Crippen LogP contribution in [0.15, 0.2) is 53.7 Å². The van der Waals surface area contributed by atoms with Crippen LogP contribution in [0.1, 0.15) is 39.4 Å². The normalized spacial score (nSPS) is 16.5. The van der Waals surface area contributed by atoms with Crippen LogP contribution in [-0.2, 0) is 7.05 Å². The minimum Gasteiger partial charge on any atom is -0.338 e. The first-order chi connectivity index (χ1) is 13.4. The molecule has 144 valence electrons. The Labute approximate surface area is 164 Å². The molecule has 0 saturated carbocycles. The van der Waals surface area contributed by atoms with Gasteiger partial charge in [-0.1, -0.05) is 23.8 Å². The molecule has 1 aliphatic rings. The molecule has 0 bridgehead atoms. The molecule has 3 heterocycles. The number of benzene rings is 1. The summed E-state index contributed by atoms with van der Waals surface area (Å²) in [7, 11) is 1.79. The number of likely N-dealkylation sites (tertiary alicyclic amines) is 1. The van der Waals surface area contributed by atoms with E-state index in [-0.39, 0.29) is 11.5 Å². The third kappa shape index (κ3) is 3.38. The first-order valence-electron chi connectivity index (χ1n) is 9.50. The smallest absolute Gasteiger partial charge is 0.255 e. The van der Waals surface area contributed by atoms with E-state index < -0.39 is 0 Å². The third-order valence-corrected chi connectivity index (χ3v) is 5.47. The number of carbonyl (C=O) groups excluding carboxylic acids is 1. The summed E-state index contributed by atoms with van der Waals surface area (Å²) >= 11 is 0. The van der Waals surface area contributed by atoms with Crippen LogP contribution in [0.2, 0.25) is 0 Å². The van der Waals surface area contributed by atoms with Gasteiger partial charge in [0.05, 0.1) is 17.4 Å². The number of hydrogen-bond acceptors (Lipinski definition) is 3. The molecule has 0 radical (unpaired) electrons. The van der Waals surface area contributed by atoms with Gasteiger partial charge in [-0.15, -0.1) is 0 Å². The summed E-state index contributed by atoms with van der Waals surface area (Å²) in [6, 6.07) is 9.58. The minimum atomic E-state index is -0.181. The van der Waals surface area contributed by atoms with Crippen LogP contribution in [0.3, 0.4) is 0 Å². The highest BCUT2D eigenvalue weighted by Crippen LogP contribution is 2.30. The summed E-state index contributed by atoms with van der Waals surface area (Å²) in [4.78, 5) is 27.2. The van der Waals surface area contributed by atoms with E-state index in [9.17, 15) is 9.59 Å². The van der Waals surface area contributed by atoms with E-state index in [0.717, 1.165) is 13.0 Å². The van der Waals surface area contributed by atoms with Crippen molar-refractivity contribution in [3.63, 3.8) is 0 Å². The number of nitrogens with zero attached hydrogens (tertiary/aromatic N) is 4. The maximum atomic E-state index is 13.1. The zero-order valence-corrected chi connectivity index (χ0v) is 16.4. The molecule has 0 aliphatic carbocycles. The molecular formula is C22H24N4O2. The SMILES string of the molecule is Cc1ccc(C2CCN(C(=O)c3ccc(=O)n(-c4cnn(C)c4)c3)C2)c(C)c1. The number of pyridine rings is 1. The van der Waals surface area contributed by atoms with Gasteiger partial charge in [0.2, 0.25) is 0 Å². The average Bonchev–Trinajstić information content (AvgIpc) is 3.31. The number of hydrogen-bond donors (Lipinski definition) is 0. The van der Waals surface area contributed by atoms with E-state index in [0.29, 0.717) is 23.7 Å². The number of carbonyl (C=O) groups is 1. The van der Waals surface area contributed by atoms with Crippen LogP contribution >= 0.6 is 0 Å². The van der Waals surface area contributed by atoms with Crippen molar-refractivity contribution in [3.8, 4) is 5.69 Å². The minimum absolute atomic E-state index is 0.0371. The summed E-state index contributed by atoms with van der Waals surface area (Å²) in [5, 5.41) is 4.11. The Morgan fingerprint density at radius 1 is 1.14 bits per heavy atom. The Balaban J connectivity index is 1.56. The lowest BCUT2D eigenvalue weighted by atomic mass is 9.93. The van der Waals surface area contributed by atoms with Crippen LogP contribution in [0.25, 0.3) is 5.69 Å². The molecule has 1 amide bonds. The molecule has 2 aromatic heterocycles. The van der Waals surface area contributed by atoms with Gasteiger partial charge in [-0.05, 0) is 37.5 Å². The van der Waals surface area contributed by atoms with Crippen molar-refractivity contribution in [1.29, 1.82) is 0 Å². The Bertz CT molecular complexity index is 1100. The lowest BCUT2D eigenvalue weighted by molar-refractivity contribution is 0.0790. The maximum absolute atomic E-state index is 13.1. The second-order valence-electron chi connectivity index (χ2n) is 7.60. The van der Waals surface area contributed by atoms with Crippen LogP contribution in [-0.4, -0.2) is 38.2 Å². The van der Waals surface area contributed by atoms with E-state index in [2.05, 4.69) is 37.1 Å². The lowest BCUT2D eigenvalue weighted by Gasteiger charge is -2.18. The molecule has 1 unspecified atom stereocenters. The van der Waals surface area contributed by atoms with Crippen molar-refractivity contribution in [2.24, 2.45) is 7.05 Å². The van der Waals surface area contributed by atoms with Crippen molar-refractivity contribution >= 4 is 5.91 Å². The van der Waals surface area contributed by atoms with E-state index in [1.54, 1.807) is 36.4 Å². The standard InChI is InChI=1S/C22H24N4O2/c1-15-4-6-20(16(2)10-15)17-8-9-25(12-17)22(28)18-5-7-21(27)26(13-18)19-11-23-24(3)14-19/h4-7,10-11,13-14,17H,8-9,12H2,1-3H3. The molecule has 0 spiro atoms. The van der Waals surface area contributed by atoms with Crippen LogP contribution in [0, 0.1) is 13.8 Å². The quantitative estimate of drug-likeness (QED) is 0.706. The molecule has 28 heavy (non-hydrogen) atoms. The molecule has 6 heteroatoms. The fourth-order valence-electron chi connectivity index (χ4n) is 4.01. The number of aryl methyl sites for hydroxylation is 3. The van der Waals surface area contributed by atoms with Gasteiger partial charge in [-0.3, -0.25) is 18.8 Å². The molecule has 4 rings (SSSR count). The van der Waals surface area contributed by atoms with Crippen molar-refractivity contribution in [2.45, 2.75) is 26.2 Å². The first-order valence-corrected chi connectivity index (χ1v) is 9.50. The second-order valence-corrected chi connectivity index (χ2v) is 7.60. The third-order valence-electron chi connectivity index (χ3n) is 5.47. The van der Waals surface area contributed by atoms with Crippen LogP contribution in [0.5, 0.6) is 0 Å². The fraction of sp³-hybridized carbons (Fsp3) is 0.318. The number of amides is 1. The van der Waals surface area contributed by atoms with Crippen molar-refractivity contribution < 1.29 is 4.79 Å². The Hall–Kier alpha value is -3.15. The van der Waals surface area contributed by atoms with Gasteiger partial charge in [0.15, 0.2) is 0 Å².